The summed E-state index contributed by atoms with van der Waals surface area (Å²) in [4.78, 5) is 16.5. The number of para-hydroxylation sites is 2. The number of hydrogen-bond acceptors (Lipinski definition) is 5. The van der Waals surface area contributed by atoms with Crippen LogP contribution in [0.3, 0.4) is 0 Å². The molecule has 1 amide bonds. The topological polar surface area (TPSA) is 72.5 Å². The molecule has 2 N–H and O–H groups in total. The zero-order valence-electron chi connectivity index (χ0n) is 14.0. The number of nitrogens with one attached hydrogen (secondary N) is 2. The Hall–Kier alpha value is -2.60. The van der Waals surface area contributed by atoms with Gasteiger partial charge in [-0.1, -0.05) is 12.1 Å². The van der Waals surface area contributed by atoms with Crippen LogP contribution in [0.5, 0.6) is 5.75 Å². The van der Waals surface area contributed by atoms with E-state index in [-0.39, 0.29) is 5.91 Å². The summed E-state index contributed by atoms with van der Waals surface area (Å²) in [5, 5.41) is 6.05. The number of ether oxygens (including phenoxy) is 2. The average Bonchev–Trinajstić information content (AvgIpc) is 2.61. The van der Waals surface area contributed by atoms with Crippen molar-refractivity contribution in [2.45, 2.75) is 13.3 Å². The van der Waals surface area contributed by atoms with Crippen LogP contribution in [0.25, 0.3) is 0 Å². The van der Waals surface area contributed by atoms with E-state index in [1.165, 1.54) is 0 Å². The second-order valence-corrected chi connectivity index (χ2v) is 5.09. The molecule has 0 saturated heterocycles. The quantitative estimate of drug-likeness (QED) is 0.691. The number of methoxy groups -OCH3 is 1. The van der Waals surface area contributed by atoms with Crippen molar-refractivity contribution in [2.24, 2.45) is 0 Å². The van der Waals surface area contributed by atoms with Gasteiger partial charge in [0, 0.05) is 20.3 Å². The lowest BCUT2D eigenvalue weighted by Gasteiger charge is -2.11. The van der Waals surface area contributed by atoms with Crippen molar-refractivity contribution in [3.63, 3.8) is 0 Å². The van der Waals surface area contributed by atoms with E-state index in [2.05, 4.69) is 15.6 Å². The first-order valence-electron chi connectivity index (χ1n) is 7.96. The molecule has 0 aliphatic rings. The van der Waals surface area contributed by atoms with Crippen molar-refractivity contribution in [1.82, 2.24) is 4.98 Å². The smallest absolute Gasteiger partial charge is 0.274 e. The van der Waals surface area contributed by atoms with E-state index >= 15 is 0 Å². The number of aromatic nitrogens is 1. The SMILES string of the molecule is CCOc1ccccc1NC(=O)c1ccc(NCCCOC)cn1. The molecule has 6 heteroatoms. The molecule has 0 aliphatic heterocycles. The summed E-state index contributed by atoms with van der Waals surface area (Å²) in [7, 11) is 1.68. The molecule has 128 valence electrons. The Morgan fingerprint density at radius 3 is 2.75 bits per heavy atom. The van der Waals surface area contributed by atoms with Crippen molar-refractivity contribution >= 4 is 17.3 Å². The second kappa shape index (κ2) is 9.52. The lowest BCUT2D eigenvalue weighted by molar-refractivity contribution is 0.102. The van der Waals surface area contributed by atoms with Gasteiger partial charge in [-0.05, 0) is 37.6 Å². The average molecular weight is 329 g/mol. The van der Waals surface area contributed by atoms with Gasteiger partial charge in [-0.3, -0.25) is 4.79 Å². The molecule has 6 nitrogen and oxygen atoms in total. The summed E-state index contributed by atoms with van der Waals surface area (Å²) < 4.78 is 10.5. The van der Waals surface area contributed by atoms with Crippen LogP contribution in [0.2, 0.25) is 0 Å². The first kappa shape index (κ1) is 17.7. The molecule has 24 heavy (non-hydrogen) atoms. The first-order chi connectivity index (χ1) is 11.7. The Balaban J connectivity index is 1.95. The van der Waals surface area contributed by atoms with E-state index in [4.69, 9.17) is 9.47 Å². The molecule has 0 radical (unpaired) electrons. The number of anilines is 2. The zero-order valence-corrected chi connectivity index (χ0v) is 14.0. The Kier molecular flexibility index (Phi) is 7.04. The molecule has 0 aliphatic carbocycles. The van der Waals surface area contributed by atoms with Gasteiger partial charge in [0.1, 0.15) is 11.4 Å². The number of carbonyl (C=O) groups is 1. The number of amides is 1. The van der Waals surface area contributed by atoms with Crippen molar-refractivity contribution in [1.29, 1.82) is 0 Å². The van der Waals surface area contributed by atoms with E-state index in [1.54, 1.807) is 25.4 Å². The minimum absolute atomic E-state index is 0.270. The van der Waals surface area contributed by atoms with Crippen LogP contribution in [0.1, 0.15) is 23.8 Å². The van der Waals surface area contributed by atoms with Gasteiger partial charge in [0.15, 0.2) is 0 Å². The number of benzene rings is 1. The molecule has 0 fully saturated rings. The highest BCUT2D eigenvalue weighted by molar-refractivity contribution is 6.03. The summed E-state index contributed by atoms with van der Waals surface area (Å²) in [6.45, 7) is 3.94. The summed E-state index contributed by atoms with van der Waals surface area (Å²) in [6, 6.07) is 10.9. The molecule has 0 bridgehead atoms. The van der Waals surface area contributed by atoms with Gasteiger partial charge < -0.3 is 20.1 Å². The van der Waals surface area contributed by atoms with Crippen LogP contribution >= 0.6 is 0 Å². The van der Waals surface area contributed by atoms with Crippen molar-refractivity contribution < 1.29 is 14.3 Å². The molecule has 1 aromatic heterocycles. The van der Waals surface area contributed by atoms with Gasteiger partial charge in [-0.25, -0.2) is 4.98 Å². The molecular weight excluding hydrogens is 306 g/mol. The number of carbonyl (C=O) groups excluding carboxylic acids is 1. The number of nitrogens with zero attached hydrogens (tertiary/aromatic N) is 1. The van der Waals surface area contributed by atoms with Crippen LogP contribution in [0.4, 0.5) is 11.4 Å². The van der Waals surface area contributed by atoms with Crippen LogP contribution in [0, 0.1) is 0 Å². The van der Waals surface area contributed by atoms with E-state index < -0.39 is 0 Å². The molecule has 0 spiro atoms. The molecule has 0 unspecified atom stereocenters. The van der Waals surface area contributed by atoms with Crippen molar-refractivity contribution in [3.05, 3.63) is 48.3 Å². The third kappa shape index (κ3) is 5.24. The third-order valence-electron chi connectivity index (χ3n) is 3.29. The Morgan fingerprint density at radius 2 is 2.04 bits per heavy atom. The molecular formula is C18H23N3O3. The van der Waals surface area contributed by atoms with Crippen molar-refractivity contribution in [3.8, 4) is 5.75 Å². The van der Waals surface area contributed by atoms with Gasteiger partial charge in [-0.15, -0.1) is 0 Å². The minimum Gasteiger partial charge on any atom is -0.492 e. The fraction of sp³-hybridized carbons (Fsp3) is 0.333. The molecule has 2 rings (SSSR count). The first-order valence-corrected chi connectivity index (χ1v) is 7.96. The second-order valence-electron chi connectivity index (χ2n) is 5.09. The van der Waals surface area contributed by atoms with Crippen LogP contribution < -0.4 is 15.4 Å². The summed E-state index contributed by atoms with van der Waals surface area (Å²) in [6.07, 6.45) is 2.56. The summed E-state index contributed by atoms with van der Waals surface area (Å²) in [5.74, 6) is 0.373. The van der Waals surface area contributed by atoms with Gasteiger partial charge in [-0.2, -0.15) is 0 Å². The lowest BCUT2D eigenvalue weighted by Crippen LogP contribution is -2.14. The predicted octanol–water partition coefficient (Wildman–Crippen LogP) is 3.18. The maximum Gasteiger partial charge on any atom is 0.274 e. The van der Waals surface area contributed by atoms with Crippen LogP contribution in [-0.2, 0) is 4.74 Å². The van der Waals surface area contributed by atoms with Crippen molar-refractivity contribution in [2.75, 3.05) is 37.5 Å². The highest BCUT2D eigenvalue weighted by Gasteiger charge is 2.10. The Morgan fingerprint density at radius 1 is 1.21 bits per heavy atom. The van der Waals surface area contributed by atoms with Gasteiger partial charge in [0.25, 0.3) is 5.91 Å². The number of hydrogen-bond donors (Lipinski definition) is 2. The number of rotatable bonds is 9. The molecule has 2 aromatic rings. The van der Waals surface area contributed by atoms with E-state index in [9.17, 15) is 4.79 Å². The third-order valence-corrected chi connectivity index (χ3v) is 3.29. The highest BCUT2D eigenvalue weighted by atomic mass is 16.5. The zero-order chi connectivity index (χ0) is 17.2. The standard InChI is InChI=1S/C18H23N3O3/c1-3-24-17-8-5-4-7-15(17)21-18(22)16-10-9-14(13-20-16)19-11-6-12-23-2/h4-5,7-10,13,19H,3,6,11-12H2,1-2H3,(H,21,22). The normalized spacial score (nSPS) is 10.2. The van der Waals surface area contributed by atoms with Crippen LogP contribution in [0.15, 0.2) is 42.6 Å². The molecule has 1 aromatic carbocycles. The lowest BCUT2D eigenvalue weighted by atomic mass is 10.2. The van der Waals surface area contributed by atoms with E-state index in [0.29, 0.717) is 30.3 Å². The van der Waals surface area contributed by atoms with E-state index in [0.717, 1.165) is 18.7 Å². The largest absolute Gasteiger partial charge is 0.492 e. The summed E-state index contributed by atoms with van der Waals surface area (Å²) in [5.41, 5.74) is 1.86. The number of pyridine rings is 1. The van der Waals surface area contributed by atoms with Gasteiger partial charge in [0.2, 0.25) is 0 Å². The predicted molar refractivity (Wildman–Crippen MR) is 94.8 cm³/mol. The monoisotopic (exact) mass is 329 g/mol. The highest BCUT2D eigenvalue weighted by Crippen LogP contribution is 2.24. The van der Waals surface area contributed by atoms with E-state index in [1.807, 2.05) is 31.2 Å². The molecule has 1 heterocycles. The van der Waals surface area contributed by atoms with Gasteiger partial charge in [0.05, 0.1) is 24.2 Å². The Bertz CT molecular complexity index is 644. The maximum absolute atomic E-state index is 12.3. The van der Waals surface area contributed by atoms with Gasteiger partial charge >= 0.3 is 0 Å². The molecule has 0 atom stereocenters. The fourth-order valence-corrected chi connectivity index (χ4v) is 2.12. The van der Waals surface area contributed by atoms with Crippen LogP contribution in [-0.4, -0.2) is 37.8 Å². The molecule has 0 saturated carbocycles. The maximum atomic E-state index is 12.3. The minimum atomic E-state index is -0.270. The Labute approximate surface area is 142 Å². The fourth-order valence-electron chi connectivity index (χ4n) is 2.12. The summed E-state index contributed by atoms with van der Waals surface area (Å²) >= 11 is 0.